The molecule has 1 atom stereocenters. The summed E-state index contributed by atoms with van der Waals surface area (Å²) in [5.74, 6) is 1.47. The fourth-order valence-corrected chi connectivity index (χ4v) is 4.64. The van der Waals surface area contributed by atoms with Gasteiger partial charge in [-0.05, 0) is 25.8 Å². The van der Waals surface area contributed by atoms with Gasteiger partial charge in [0, 0.05) is 49.7 Å². The Hall–Kier alpha value is -2.49. The molecule has 2 aromatic rings. The van der Waals surface area contributed by atoms with Crippen LogP contribution >= 0.6 is 11.6 Å². The van der Waals surface area contributed by atoms with Crippen molar-refractivity contribution in [2.45, 2.75) is 25.8 Å². The first-order valence-electron chi connectivity index (χ1n) is 9.46. The van der Waals surface area contributed by atoms with Crippen molar-refractivity contribution in [2.75, 3.05) is 37.6 Å². The minimum absolute atomic E-state index is 0.104. The van der Waals surface area contributed by atoms with Crippen LogP contribution in [-0.4, -0.2) is 53.3 Å². The number of benzene rings is 1. The summed E-state index contributed by atoms with van der Waals surface area (Å²) < 4.78 is 1.92. The molecule has 1 unspecified atom stereocenters. The average Bonchev–Trinajstić information content (AvgIpc) is 2.67. The zero-order valence-corrected chi connectivity index (χ0v) is 16.5. The number of nitrogens with zero attached hydrogens (tertiary/aromatic N) is 3. The second-order valence-corrected chi connectivity index (χ2v) is 7.93. The van der Waals surface area contributed by atoms with Crippen LogP contribution in [0.25, 0.3) is 10.9 Å². The molecule has 2 aliphatic heterocycles. The van der Waals surface area contributed by atoms with Gasteiger partial charge in [0.15, 0.2) is 0 Å². The highest BCUT2D eigenvalue weighted by atomic mass is 35.5. The molecule has 0 radical (unpaired) electrons. The van der Waals surface area contributed by atoms with Crippen molar-refractivity contribution in [3.05, 3.63) is 38.6 Å². The lowest BCUT2D eigenvalue weighted by Gasteiger charge is -2.38. The Morgan fingerprint density at radius 1 is 1.36 bits per heavy atom. The molecule has 7 heteroatoms. The lowest BCUT2D eigenvalue weighted by atomic mass is 9.93. The molecule has 1 aromatic heterocycles. The van der Waals surface area contributed by atoms with E-state index in [4.69, 9.17) is 18.0 Å². The number of carboxylic acids is 1. The van der Waals surface area contributed by atoms with Gasteiger partial charge in [0.1, 0.15) is 5.56 Å². The topological polar surface area (TPSA) is 65.8 Å². The molecule has 0 amide bonds. The predicted octanol–water partition coefficient (Wildman–Crippen LogP) is 2.62. The fraction of sp³-hybridized carbons (Fsp3) is 0.429. The number of carboxylic acid groups (broad SMARTS) is 1. The average molecular weight is 400 g/mol. The summed E-state index contributed by atoms with van der Waals surface area (Å²) in [5, 5.41) is 10.1. The Morgan fingerprint density at radius 2 is 2.07 bits per heavy atom. The minimum atomic E-state index is -1.22. The van der Waals surface area contributed by atoms with Crippen LogP contribution in [0.3, 0.4) is 0 Å². The molecule has 0 saturated carbocycles. The van der Waals surface area contributed by atoms with Gasteiger partial charge >= 0.3 is 5.97 Å². The normalized spacial score (nSPS) is 19.6. The van der Waals surface area contributed by atoms with E-state index in [-0.39, 0.29) is 11.6 Å². The van der Waals surface area contributed by atoms with Gasteiger partial charge in [-0.2, -0.15) is 0 Å². The highest BCUT2D eigenvalue weighted by Gasteiger charge is 2.28. The van der Waals surface area contributed by atoms with E-state index in [9.17, 15) is 14.7 Å². The molecule has 28 heavy (non-hydrogen) atoms. The molecule has 3 heterocycles. The molecular weight excluding hydrogens is 378 g/mol. The molecule has 0 bridgehead atoms. The highest BCUT2D eigenvalue weighted by Crippen LogP contribution is 2.39. The number of pyridine rings is 1. The molecule has 2 aliphatic rings. The Bertz CT molecular complexity index is 1060. The molecule has 4 rings (SSSR count). The van der Waals surface area contributed by atoms with Gasteiger partial charge in [-0.25, -0.2) is 4.79 Å². The fourth-order valence-electron chi connectivity index (χ4n) is 4.36. The van der Waals surface area contributed by atoms with Crippen LogP contribution in [0.1, 0.15) is 35.3 Å². The number of hydrogen-bond acceptors (Lipinski definition) is 4. The number of aryl methyl sites for hydroxylation is 1. The van der Waals surface area contributed by atoms with Gasteiger partial charge in [-0.1, -0.05) is 17.5 Å². The molecule has 0 spiro atoms. The Balaban J connectivity index is 1.88. The summed E-state index contributed by atoms with van der Waals surface area (Å²) >= 11 is 6.54. The van der Waals surface area contributed by atoms with E-state index in [0.717, 1.165) is 55.8 Å². The number of terminal acetylenes is 1. The maximum absolute atomic E-state index is 12.8. The summed E-state index contributed by atoms with van der Waals surface area (Å²) in [6.45, 7) is 6.11. The molecule has 1 N–H and O–H groups in total. The lowest BCUT2D eigenvalue weighted by molar-refractivity contribution is 0.0694. The van der Waals surface area contributed by atoms with Crippen molar-refractivity contribution in [2.24, 2.45) is 0 Å². The first-order valence-corrected chi connectivity index (χ1v) is 9.84. The maximum atomic E-state index is 12.8. The molecule has 1 fully saturated rings. The van der Waals surface area contributed by atoms with Crippen LogP contribution in [0.5, 0.6) is 0 Å². The Morgan fingerprint density at radius 3 is 2.71 bits per heavy atom. The van der Waals surface area contributed by atoms with Gasteiger partial charge in [0.25, 0.3) is 0 Å². The monoisotopic (exact) mass is 399 g/mol. The number of anilines is 1. The van der Waals surface area contributed by atoms with E-state index < -0.39 is 11.4 Å². The van der Waals surface area contributed by atoms with Crippen molar-refractivity contribution < 1.29 is 9.90 Å². The van der Waals surface area contributed by atoms with Gasteiger partial charge in [0.2, 0.25) is 5.43 Å². The van der Waals surface area contributed by atoms with Crippen molar-refractivity contribution in [1.29, 1.82) is 0 Å². The smallest absolute Gasteiger partial charge is 0.341 e. The predicted molar refractivity (Wildman–Crippen MR) is 111 cm³/mol. The molecule has 1 saturated heterocycles. The Kier molecular flexibility index (Phi) is 4.82. The van der Waals surface area contributed by atoms with Crippen LogP contribution in [0.4, 0.5) is 5.69 Å². The van der Waals surface area contributed by atoms with Crippen LogP contribution < -0.4 is 10.3 Å². The molecule has 6 nitrogen and oxygen atoms in total. The van der Waals surface area contributed by atoms with Gasteiger partial charge in [-0.15, -0.1) is 6.42 Å². The summed E-state index contributed by atoms with van der Waals surface area (Å²) in [6.07, 6.45) is 8.62. The SMILES string of the molecule is C#CCN1CCN(c2cc(Cl)c3c(=O)c(C(=O)O)cn4c3c2CCC4C)CC1. The third-order valence-electron chi connectivity index (χ3n) is 5.88. The van der Waals surface area contributed by atoms with E-state index in [1.807, 2.05) is 17.6 Å². The van der Waals surface area contributed by atoms with Gasteiger partial charge in [-0.3, -0.25) is 9.69 Å². The summed E-state index contributed by atoms with van der Waals surface area (Å²) in [4.78, 5) is 28.9. The van der Waals surface area contributed by atoms with Crippen molar-refractivity contribution in [3.8, 4) is 12.3 Å². The largest absolute Gasteiger partial charge is 0.477 e. The maximum Gasteiger partial charge on any atom is 0.341 e. The van der Waals surface area contributed by atoms with E-state index in [1.165, 1.54) is 6.20 Å². The minimum Gasteiger partial charge on any atom is -0.477 e. The van der Waals surface area contributed by atoms with Crippen molar-refractivity contribution in [3.63, 3.8) is 0 Å². The van der Waals surface area contributed by atoms with Crippen LogP contribution in [0.2, 0.25) is 5.02 Å². The summed E-state index contributed by atoms with van der Waals surface area (Å²) in [5.41, 5.74) is 2.16. The van der Waals surface area contributed by atoms with Gasteiger partial charge in [0.05, 0.1) is 22.5 Å². The van der Waals surface area contributed by atoms with Crippen LogP contribution in [-0.2, 0) is 6.42 Å². The molecule has 0 aliphatic carbocycles. The molecule has 1 aromatic carbocycles. The lowest BCUT2D eigenvalue weighted by Crippen LogP contribution is -2.46. The van der Waals surface area contributed by atoms with E-state index in [0.29, 0.717) is 17.0 Å². The zero-order chi connectivity index (χ0) is 20.0. The third kappa shape index (κ3) is 2.95. The van der Waals surface area contributed by atoms with Crippen molar-refractivity contribution >= 4 is 34.2 Å². The summed E-state index contributed by atoms with van der Waals surface area (Å²) in [6, 6.07) is 1.94. The quantitative estimate of drug-likeness (QED) is 0.804. The number of aromatic carboxylic acids is 1. The standard InChI is InChI=1S/C21H22ClN3O3/c1-3-6-23-7-9-24(10-8-23)17-11-16(22)18-19-14(17)5-4-13(2)25(19)12-15(20(18)26)21(27)28/h1,11-13H,4-10H2,2H3,(H,27,28). The number of halogens is 1. The molecule has 146 valence electrons. The zero-order valence-electron chi connectivity index (χ0n) is 15.7. The van der Waals surface area contributed by atoms with Gasteiger partial charge < -0.3 is 14.6 Å². The number of rotatable bonds is 3. The second-order valence-electron chi connectivity index (χ2n) is 7.52. The van der Waals surface area contributed by atoms with Crippen molar-refractivity contribution in [1.82, 2.24) is 9.47 Å². The van der Waals surface area contributed by atoms with E-state index >= 15 is 0 Å². The van der Waals surface area contributed by atoms with E-state index in [2.05, 4.69) is 15.7 Å². The third-order valence-corrected chi connectivity index (χ3v) is 6.18. The van der Waals surface area contributed by atoms with Crippen LogP contribution in [0.15, 0.2) is 17.1 Å². The first-order chi connectivity index (χ1) is 13.4. The highest BCUT2D eigenvalue weighted by molar-refractivity contribution is 6.36. The number of aromatic nitrogens is 1. The summed E-state index contributed by atoms with van der Waals surface area (Å²) in [7, 11) is 0. The second kappa shape index (κ2) is 7.16. The number of piperazine rings is 1. The Labute approximate surface area is 168 Å². The number of carbonyl (C=O) groups is 1. The van der Waals surface area contributed by atoms with E-state index in [1.54, 1.807) is 0 Å². The van der Waals surface area contributed by atoms with Crippen LogP contribution in [0, 0.1) is 12.3 Å². The molecular formula is C21H22ClN3O3. The number of hydrogen-bond donors (Lipinski definition) is 1. The first kappa shape index (κ1) is 18.9.